The predicted molar refractivity (Wildman–Crippen MR) is 77.6 cm³/mol. The number of benzene rings is 2. The van der Waals surface area contributed by atoms with Crippen molar-refractivity contribution < 1.29 is 9.84 Å². The fourth-order valence-electron chi connectivity index (χ4n) is 2.27. The van der Waals surface area contributed by atoms with Crippen LogP contribution < -0.4 is 4.74 Å². The Hall–Kier alpha value is -1.80. The lowest BCUT2D eigenvalue weighted by atomic mass is 9.98. The summed E-state index contributed by atoms with van der Waals surface area (Å²) in [6.07, 6.45) is -0.589. The van der Waals surface area contributed by atoms with E-state index in [1.54, 1.807) is 0 Å². The molecule has 2 nitrogen and oxygen atoms in total. The molecule has 0 amide bonds. The SMILES string of the molecule is CCOc1ccc(C(O)c2cc(C)cc(C)c2)cc1. The molecule has 0 bridgehead atoms. The highest BCUT2D eigenvalue weighted by atomic mass is 16.5. The number of ether oxygens (including phenoxy) is 1. The highest BCUT2D eigenvalue weighted by Gasteiger charge is 2.11. The molecule has 1 N–H and O–H groups in total. The smallest absolute Gasteiger partial charge is 0.119 e. The van der Waals surface area contributed by atoms with E-state index in [9.17, 15) is 5.11 Å². The molecule has 1 atom stereocenters. The molecule has 0 spiro atoms. The maximum atomic E-state index is 10.4. The molecule has 2 aromatic carbocycles. The van der Waals surface area contributed by atoms with E-state index >= 15 is 0 Å². The molecule has 0 aliphatic rings. The Labute approximate surface area is 114 Å². The van der Waals surface area contributed by atoms with Gasteiger partial charge in [0.05, 0.1) is 6.61 Å². The van der Waals surface area contributed by atoms with Gasteiger partial charge in [0.15, 0.2) is 0 Å². The number of aliphatic hydroxyl groups is 1. The normalized spacial score (nSPS) is 12.2. The molecule has 2 heteroatoms. The van der Waals surface area contributed by atoms with Crippen molar-refractivity contribution in [3.05, 3.63) is 64.7 Å². The maximum Gasteiger partial charge on any atom is 0.119 e. The molecular weight excluding hydrogens is 236 g/mol. The van der Waals surface area contributed by atoms with Gasteiger partial charge in [0.1, 0.15) is 11.9 Å². The summed E-state index contributed by atoms with van der Waals surface area (Å²) < 4.78 is 5.40. The van der Waals surface area contributed by atoms with E-state index in [0.29, 0.717) is 6.61 Å². The van der Waals surface area contributed by atoms with Crippen LogP contribution in [0.25, 0.3) is 0 Å². The summed E-state index contributed by atoms with van der Waals surface area (Å²) in [6, 6.07) is 13.8. The molecule has 0 saturated heterocycles. The van der Waals surface area contributed by atoms with Gasteiger partial charge >= 0.3 is 0 Å². The summed E-state index contributed by atoms with van der Waals surface area (Å²) in [5.74, 6) is 0.832. The molecule has 19 heavy (non-hydrogen) atoms. The molecule has 0 saturated carbocycles. The largest absolute Gasteiger partial charge is 0.494 e. The van der Waals surface area contributed by atoms with Gasteiger partial charge in [-0.1, -0.05) is 41.5 Å². The van der Waals surface area contributed by atoms with Gasteiger partial charge in [-0.15, -0.1) is 0 Å². The van der Waals surface area contributed by atoms with Crippen molar-refractivity contribution in [3.63, 3.8) is 0 Å². The van der Waals surface area contributed by atoms with E-state index < -0.39 is 6.10 Å². The summed E-state index contributed by atoms with van der Waals surface area (Å²) in [6.45, 7) is 6.69. The predicted octanol–water partition coefficient (Wildman–Crippen LogP) is 3.78. The summed E-state index contributed by atoms with van der Waals surface area (Å²) in [7, 11) is 0. The van der Waals surface area contributed by atoms with Crippen molar-refractivity contribution in [2.45, 2.75) is 26.9 Å². The highest BCUT2D eigenvalue weighted by molar-refractivity contribution is 5.37. The Morgan fingerprint density at radius 3 is 2.05 bits per heavy atom. The molecule has 0 radical (unpaired) electrons. The quantitative estimate of drug-likeness (QED) is 0.902. The van der Waals surface area contributed by atoms with Crippen LogP contribution in [0.2, 0.25) is 0 Å². The van der Waals surface area contributed by atoms with Crippen molar-refractivity contribution in [2.24, 2.45) is 0 Å². The Kier molecular flexibility index (Phi) is 4.23. The van der Waals surface area contributed by atoms with E-state index in [1.165, 1.54) is 11.1 Å². The first kappa shape index (κ1) is 13.6. The second kappa shape index (κ2) is 5.89. The van der Waals surface area contributed by atoms with Crippen LogP contribution in [0.15, 0.2) is 42.5 Å². The van der Waals surface area contributed by atoms with Crippen LogP contribution in [-0.4, -0.2) is 11.7 Å². The van der Waals surface area contributed by atoms with Crippen molar-refractivity contribution in [2.75, 3.05) is 6.61 Å². The average Bonchev–Trinajstić information content (AvgIpc) is 2.38. The van der Waals surface area contributed by atoms with Crippen LogP contribution in [-0.2, 0) is 0 Å². The highest BCUT2D eigenvalue weighted by Crippen LogP contribution is 2.25. The second-order valence-electron chi connectivity index (χ2n) is 4.83. The molecule has 0 aliphatic carbocycles. The first-order valence-corrected chi connectivity index (χ1v) is 6.59. The van der Waals surface area contributed by atoms with Gasteiger partial charge in [-0.05, 0) is 44.0 Å². The second-order valence-corrected chi connectivity index (χ2v) is 4.83. The fourth-order valence-corrected chi connectivity index (χ4v) is 2.27. The van der Waals surface area contributed by atoms with Gasteiger partial charge in [-0.2, -0.15) is 0 Å². The number of hydrogen-bond donors (Lipinski definition) is 1. The van der Waals surface area contributed by atoms with E-state index in [-0.39, 0.29) is 0 Å². The van der Waals surface area contributed by atoms with Crippen molar-refractivity contribution >= 4 is 0 Å². The summed E-state index contributed by atoms with van der Waals surface area (Å²) >= 11 is 0. The topological polar surface area (TPSA) is 29.5 Å². The van der Waals surface area contributed by atoms with Crippen LogP contribution in [0.3, 0.4) is 0 Å². The third kappa shape index (κ3) is 3.36. The van der Waals surface area contributed by atoms with Gasteiger partial charge in [-0.25, -0.2) is 0 Å². The third-order valence-corrected chi connectivity index (χ3v) is 3.07. The zero-order valence-corrected chi connectivity index (χ0v) is 11.7. The molecule has 0 fully saturated rings. The van der Waals surface area contributed by atoms with E-state index in [4.69, 9.17) is 4.74 Å². The zero-order valence-electron chi connectivity index (χ0n) is 11.7. The molecule has 0 aliphatic heterocycles. The molecule has 100 valence electrons. The number of aliphatic hydroxyl groups excluding tert-OH is 1. The number of hydrogen-bond acceptors (Lipinski definition) is 2. The standard InChI is InChI=1S/C17H20O2/c1-4-19-16-7-5-14(6-8-16)17(18)15-10-12(2)9-13(3)11-15/h5-11,17-18H,4H2,1-3H3. The van der Waals surface area contributed by atoms with E-state index in [2.05, 4.69) is 6.07 Å². The van der Waals surface area contributed by atoms with Crippen LogP contribution in [0.1, 0.15) is 35.3 Å². The van der Waals surface area contributed by atoms with Gasteiger partial charge in [0.25, 0.3) is 0 Å². The summed E-state index contributed by atoms with van der Waals surface area (Å²) in [4.78, 5) is 0. The lowest BCUT2D eigenvalue weighted by Crippen LogP contribution is -2.01. The maximum absolute atomic E-state index is 10.4. The minimum atomic E-state index is -0.589. The zero-order chi connectivity index (χ0) is 13.8. The fraction of sp³-hybridized carbons (Fsp3) is 0.294. The van der Waals surface area contributed by atoms with Gasteiger partial charge in [0.2, 0.25) is 0 Å². The van der Waals surface area contributed by atoms with Crippen LogP contribution >= 0.6 is 0 Å². The molecule has 2 aromatic rings. The van der Waals surface area contributed by atoms with Crippen LogP contribution in [0.5, 0.6) is 5.75 Å². The van der Waals surface area contributed by atoms with Gasteiger partial charge in [-0.3, -0.25) is 0 Å². The summed E-state index contributed by atoms with van der Waals surface area (Å²) in [5, 5.41) is 10.4. The third-order valence-electron chi connectivity index (χ3n) is 3.07. The van der Waals surface area contributed by atoms with Crippen LogP contribution in [0.4, 0.5) is 0 Å². The lowest BCUT2D eigenvalue weighted by Gasteiger charge is -2.14. The van der Waals surface area contributed by atoms with Gasteiger partial charge < -0.3 is 9.84 Å². The van der Waals surface area contributed by atoms with Crippen molar-refractivity contribution in [1.29, 1.82) is 0 Å². The minimum Gasteiger partial charge on any atom is -0.494 e. The summed E-state index contributed by atoms with van der Waals surface area (Å²) in [5.41, 5.74) is 4.15. The molecule has 2 rings (SSSR count). The van der Waals surface area contributed by atoms with Crippen molar-refractivity contribution in [3.8, 4) is 5.75 Å². The Morgan fingerprint density at radius 2 is 1.53 bits per heavy atom. The molecular formula is C17H20O2. The molecule has 0 heterocycles. The van der Waals surface area contributed by atoms with E-state index in [1.807, 2.05) is 57.2 Å². The van der Waals surface area contributed by atoms with Crippen LogP contribution in [0, 0.1) is 13.8 Å². The van der Waals surface area contributed by atoms with E-state index in [0.717, 1.165) is 16.9 Å². The first-order chi connectivity index (χ1) is 9.10. The van der Waals surface area contributed by atoms with Gasteiger partial charge in [0, 0.05) is 0 Å². The number of rotatable bonds is 4. The molecule has 1 unspecified atom stereocenters. The average molecular weight is 256 g/mol. The first-order valence-electron chi connectivity index (χ1n) is 6.59. The lowest BCUT2D eigenvalue weighted by molar-refractivity contribution is 0.220. The number of aryl methyl sites for hydroxylation is 2. The monoisotopic (exact) mass is 256 g/mol. The van der Waals surface area contributed by atoms with Crippen molar-refractivity contribution in [1.82, 2.24) is 0 Å². The minimum absolute atomic E-state index is 0.589. The Morgan fingerprint density at radius 1 is 0.947 bits per heavy atom. The Balaban J connectivity index is 2.25. The Bertz CT molecular complexity index is 523. The molecule has 0 aromatic heterocycles.